The van der Waals surface area contributed by atoms with Crippen molar-refractivity contribution in [2.24, 2.45) is 5.41 Å². The van der Waals surface area contributed by atoms with Gasteiger partial charge >= 0.3 is 0 Å². The normalized spacial score (nSPS) is 13.8. The molecule has 0 aliphatic rings. The van der Waals surface area contributed by atoms with E-state index in [2.05, 4.69) is 64.2 Å². The SMILES string of the molecule is Cc1ccccc1[C@H](C)NCCC(C)(C)C. The van der Waals surface area contributed by atoms with E-state index in [1.165, 1.54) is 17.5 Å². The highest BCUT2D eigenvalue weighted by atomic mass is 14.9. The fourth-order valence-electron chi connectivity index (χ4n) is 1.85. The molecule has 0 unspecified atom stereocenters. The summed E-state index contributed by atoms with van der Waals surface area (Å²) in [5.41, 5.74) is 3.20. The van der Waals surface area contributed by atoms with Crippen LogP contribution in [0.1, 0.15) is 51.3 Å². The molecule has 1 N–H and O–H groups in total. The van der Waals surface area contributed by atoms with E-state index in [1.807, 2.05) is 0 Å². The van der Waals surface area contributed by atoms with Gasteiger partial charge in [0, 0.05) is 6.04 Å². The molecule has 0 aliphatic carbocycles. The molecule has 0 saturated carbocycles. The summed E-state index contributed by atoms with van der Waals surface area (Å²) in [5, 5.41) is 3.60. The maximum absolute atomic E-state index is 3.60. The van der Waals surface area contributed by atoms with Gasteiger partial charge in [-0.05, 0) is 43.4 Å². The van der Waals surface area contributed by atoms with Crippen LogP contribution >= 0.6 is 0 Å². The standard InChI is InChI=1S/C15H25N/c1-12-8-6-7-9-14(12)13(2)16-11-10-15(3,4)5/h6-9,13,16H,10-11H2,1-5H3/t13-/m0/s1. The number of nitrogens with one attached hydrogen (secondary N) is 1. The minimum atomic E-state index is 0.415. The first-order valence-electron chi connectivity index (χ1n) is 6.19. The minimum Gasteiger partial charge on any atom is -0.310 e. The number of rotatable bonds is 4. The zero-order chi connectivity index (χ0) is 12.2. The van der Waals surface area contributed by atoms with Crippen LogP contribution in [0, 0.1) is 12.3 Å². The topological polar surface area (TPSA) is 12.0 Å². The molecule has 0 aliphatic heterocycles. The Balaban J connectivity index is 2.47. The monoisotopic (exact) mass is 219 g/mol. The molecule has 0 spiro atoms. The molecule has 0 saturated heterocycles. The third-order valence-electron chi connectivity index (χ3n) is 2.98. The van der Waals surface area contributed by atoms with E-state index < -0.39 is 0 Å². The smallest absolute Gasteiger partial charge is 0.0294 e. The van der Waals surface area contributed by atoms with Crippen LogP contribution < -0.4 is 5.32 Å². The first kappa shape index (κ1) is 13.2. The van der Waals surface area contributed by atoms with Gasteiger partial charge in [-0.2, -0.15) is 0 Å². The second kappa shape index (κ2) is 5.49. The van der Waals surface area contributed by atoms with Crippen molar-refractivity contribution in [3.05, 3.63) is 35.4 Å². The summed E-state index contributed by atoms with van der Waals surface area (Å²) < 4.78 is 0. The average molecular weight is 219 g/mol. The average Bonchev–Trinajstić information content (AvgIpc) is 2.16. The van der Waals surface area contributed by atoms with E-state index >= 15 is 0 Å². The molecule has 1 nitrogen and oxygen atoms in total. The van der Waals surface area contributed by atoms with Gasteiger partial charge in [-0.3, -0.25) is 0 Å². The van der Waals surface area contributed by atoms with Crippen LogP contribution in [-0.2, 0) is 0 Å². The van der Waals surface area contributed by atoms with Crippen LogP contribution in [-0.4, -0.2) is 6.54 Å². The van der Waals surface area contributed by atoms with Crippen molar-refractivity contribution < 1.29 is 0 Å². The lowest BCUT2D eigenvalue weighted by molar-refractivity contribution is 0.358. The number of hydrogen-bond donors (Lipinski definition) is 1. The highest BCUT2D eigenvalue weighted by molar-refractivity contribution is 5.28. The van der Waals surface area contributed by atoms with Gasteiger partial charge in [-0.25, -0.2) is 0 Å². The Morgan fingerprint density at radius 1 is 1.19 bits per heavy atom. The van der Waals surface area contributed by atoms with Crippen molar-refractivity contribution in [3.8, 4) is 0 Å². The van der Waals surface area contributed by atoms with E-state index in [1.54, 1.807) is 0 Å². The molecule has 0 bridgehead atoms. The zero-order valence-electron chi connectivity index (χ0n) is 11.3. The lowest BCUT2D eigenvalue weighted by Gasteiger charge is -2.21. The predicted octanol–water partition coefficient (Wildman–Crippen LogP) is 4.08. The van der Waals surface area contributed by atoms with Crippen LogP contribution in [0.5, 0.6) is 0 Å². The number of benzene rings is 1. The van der Waals surface area contributed by atoms with Crippen LogP contribution in [0.15, 0.2) is 24.3 Å². The Morgan fingerprint density at radius 2 is 1.81 bits per heavy atom. The lowest BCUT2D eigenvalue weighted by Crippen LogP contribution is -2.24. The van der Waals surface area contributed by atoms with Gasteiger partial charge in [0.25, 0.3) is 0 Å². The van der Waals surface area contributed by atoms with Crippen molar-refractivity contribution in [3.63, 3.8) is 0 Å². The van der Waals surface area contributed by atoms with Crippen LogP contribution in [0.3, 0.4) is 0 Å². The molecule has 1 heteroatoms. The summed E-state index contributed by atoms with van der Waals surface area (Å²) in [7, 11) is 0. The van der Waals surface area contributed by atoms with E-state index in [-0.39, 0.29) is 0 Å². The molecule has 90 valence electrons. The van der Waals surface area contributed by atoms with E-state index in [0.717, 1.165) is 6.54 Å². The van der Waals surface area contributed by atoms with Gasteiger partial charge in [-0.1, -0.05) is 45.0 Å². The molecule has 1 rings (SSSR count). The summed E-state index contributed by atoms with van der Waals surface area (Å²) in [6.07, 6.45) is 1.21. The van der Waals surface area contributed by atoms with Gasteiger partial charge in [0.15, 0.2) is 0 Å². The Hall–Kier alpha value is -0.820. The Morgan fingerprint density at radius 3 is 2.38 bits per heavy atom. The molecule has 1 aromatic carbocycles. The maximum atomic E-state index is 3.60. The predicted molar refractivity (Wildman–Crippen MR) is 71.7 cm³/mol. The maximum Gasteiger partial charge on any atom is 0.0294 e. The van der Waals surface area contributed by atoms with Gasteiger partial charge < -0.3 is 5.32 Å². The van der Waals surface area contributed by atoms with Crippen LogP contribution in [0.4, 0.5) is 0 Å². The van der Waals surface area contributed by atoms with Crippen molar-refractivity contribution in [2.45, 2.75) is 47.1 Å². The first-order chi connectivity index (χ1) is 7.40. The molecule has 0 fully saturated rings. The summed E-state index contributed by atoms with van der Waals surface area (Å²) in [6.45, 7) is 12.4. The highest BCUT2D eigenvalue weighted by Gasteiger charge is 2.11. The molecule has 1 aromatic rings. The van der Waals surface area contributed by atoms with E-state index in [9.17, 15) is 0 Å². The highest BCUT2D eigenvalue weighted by Crippen LogP contribution is 2.20. The van der Waals surface area contributed by atoms with Crippen LogP contribution in [0.25, 0.3) is 0 Å². The number of hydrogen-bond acceptors (Lipinski definition) is 1. The quantitative estimate of drug-likeness (QED) is 0.804. The third kappa shape index (κ3) is 4.36. The molecular weight excluding hydrogens is 194 g/mol. The zero-order valence-corrected chi connectivity index (χ0v) is 11.3. The molecular formula is C15H25N. The second-order valence-corrected chi connectivity index (χ2v) is 5.84. The van der Waals surface area contributed by atoms with Crippen molar-refractivity contribution >= 4 is 0 Å². The summed E-state index contributed by atoms with van der Waals surface area (Å²) in [6, 6.07) is 9.05. The van der Waals surface area contributed by atoms with E-state index in [4.69, 9.17) is 0 Å². The van der Waals surface area contributed by atoms with Crippen molar-refractivity contribution in [1.82, 2.24) is 5.32 Å². The fourth-order valence-corrected chi connectivity index (χ4v) is 1.85. The van der Waals surface area contributed by atoms with Gasteiger partial charge in [0.2, 0.25) is 0 Å². The minimum absolute atomic E-state index is 0.415. The summed E-state index contributed by atoms with van der Waals surface area (Å²) in [4.78, 5) is 0. The third-order valence-corrected chi connectivity index (χ3v) is 2.98. The van der Waals surface area contributed by atoms with Crippen molar-refractivity contribution in [2.75, 3.05) is 6.54 Å². The Kier molecular flexibility index (Phi) is 4.55. The molecule has 0 radical (unpaired) electrons. The van der Waals surface area contributed by atoms with Crippen molar-refractivity contribution in [1.29, 1.82) is 0 Å². The van der Waals surface area contributed by atoms with Gasteiger partial charge in [0.1, 0.15) is 0 Å². The Bertz CT molecular complexity index is 322. The second-order valence-electron chi connectivity index (χ2n) is 5.84. The lowest BCUT2D eigenvalue weighted by atomic mass is 9.92. The molecule has 0 heterocycles. The molecule has 1 atom stereocenters. The largest absolute Gasteiger partial charge is 0.310 e. The molecule has 0 amide bonds. The van der Waals surface area contributed by atoms with E-state index in [0.29, 0.717) is 11.5 Å². The Labute approximate surface area is 100 Å². The molecule has 16 heavy (non-hydrogen) atoms. The molecule has 0 aromatic heterocycles. The first-order valence-corrected chi connectivity index (χ1v) is 6.19. The van der Waals surface area contributed by atoms with Crippen LogP contribution in [0.2, 0.25) is 0 Å². The summed E-state index contributed by atoms with van der Waals surface area (Å²) in [5.74, 6) is 0. The van der Waals surface area contributed by atoms with Gasteiger partial charge in [-0.15, -0.1) is 0 Å². The van der Waals surface area contributed by atoms with Gasteiger partial charge in [0.05, 0.1) is 0 Å². The number of aryl methyl sites for hydroxylation is 1. The summed E-state index contributed by atoms with van der Waals surface area (Å²) >= 11 is 0. The fraction of sp³-hybridized carbons (Fsp3) is 0.600.